The predicted molar refractivity (Wildman–Crippen MR) is 83.0 cm³/mol. The standard InChI is InChI=1S/C14H16FN3O2S/c1-21(19,20)18-14-8-11(6-7-12(14)15)17-9-10-4-2-3-5-13(10)16/h2-8,17-18H,9,16H2,1H3. The second-order valence-corrected chi connectivity index (χ2v) is 6.37. The van der Waals surface area contributed by atoms with Crippen LogP contribution in [0.2, 0.25) is 0 Å². The molecule has 0 aliphatic heterocycles. The van der Waals surface area contributed by atoms with Crippen molar-refractivity contribution in [3.8, 4) is 0 Å². The van der Waals surface area contributed by atoms with Gasteiger partial charge in [-0.15, -0.1) is 0 Å². The van der Waals surface area contributed by atoms with Gasteiger partial charge >= 0.3 is 0 Å². The molecule has 0 spiro atoms. The fourth-order valence-electron chi connectivity index (χ4n) is 1.81. The van der Waals surface area contributed by atoms with Crippen molar-refractivity contribution in [1.82, 2.24) is 0 Å². The molecule has 4 N–H and O–H groups in total. The van der Waals surface area contributed by atoms with Crippen LogP contribution in [0.5, 0.6) is 0 Å². The molecule has 0 aliphatic carbocycles. The van der Waals surface area contributed by atoms with E-state index in [0.717, 1.165) is 11.8 Å². The van der Waals surface area contributed by atoms with Crippen molar-refractivity contribution in [1.29, 1.82) is 0 Å². The summed E-state index contributed by atoms with van der Waals surface area (Å²) in [5, 5.41) is 3.07. The summed E-state index contributed by atoms with van der Waals surface area (Å²) < 4.78 is 38.0. The normalized spacial score (nSPS) is 11.1. The Morgan fingerprint density at radius 3 is 2.57 bits per heavy atom. The highest BCUT2D eigenvalue weighted by molar-refractivity contribution is 7.92. The van der Waals surface area contributed by atoms with Crippen LogP contribution in [0.25, 0.3) is 0 Å². The largest absolute Gasteiger partial charge is 0.398 e. The third-order valence-corrected chi connectivity index (χ3v) is 3.39. The van der Waals surface area contributed by atoms with E-state index in [4.69, 9.17) is 5.73 Å². The Balaban J connectivity index is 2.14. The minimum Gasteiger partial charge on any atom is -0.398 e. The van der Waals surface area contributed by atoms with E-state index in [0.29, 0.717) is 17.9 Å². The van der Waals surface area contributed by atoms with Gasteiger partial charge in [-0.05, 0) is 29.8 Å². The number of nitrogens with two attached hydrogens (primary N) is 1. The molecule has 0 saturated carbocycles. The van der Waals surface area contributed by atoms with Crippen LogP contribution >= 0.6 is 0 Å². The first-order valence-corrected chi connectivity index (χ1v) is 8.09. The van der Waals surface area contributed by atoms with Crippen LogP contribution in [0, 0.1) is 5.82 Å². The molecule has 2 aromatic rings. The van der Waals surface area contributed by atoms with Gasteiger partial charge in [0.25, 0.3) is 0 Å². The van der Waals surface area contributed by atoms with Crippen molar-refractivity contribution in [2.45, 2.75) is 6.54 Å². The molecule has 0 amide bonds. The first-order chi connectivity index (χ1) is 9.85. The number of benzene rings is 2. The SMILES string of the molecule is CS(=O)(=O)Nc1cc(NCc2ccccc2N)ccc1F. The van der Waals surface area contributed by atoms with E-state index in [2.05, 4.69) is 10.0 Å². The summed E-state index contributed by atoms with van der Waals surface area (Å²) in [4.78, 5) is 0. The van der Waals surface area contributed by atoms with E-state index in [1.807, 2.05) is 18.2 Å². The summed E-state index contributed by atoms with van der Waals surface area (Å²) in [7, 11) is -3.53. The minimum absolute atomic E-state index is 0.0940. The highest BCUT2D eigenvalue weighted by Crippen LogP contribution is 2.21. The highest BCUT2D eigenvalue weighted by Gasteiger charge is 2.08. The summed E-state index contributed by atoms with van der Waals surface area (Å²) in [6.07, 6.45) is 0.969. The Kier molecular flexibility index (Phi) is 4.32. The van der Waals surface area contributed by atoms with Gasteiger partial charge < -0.3 is 11.1 Å². The lowest BCUT2D eigenvalue weighted by atomic mass is 10.2. The van der Waals surface area contributed by atoms with Gasteiger partial charge in [0, 0.05) is 17.9 Å². The zero-order valence-corrected chi connectivity index (χ0v) is 12.2. The fourth-order valence-corrected chi connectivity index (χ4v) is 2.36. The van der Waals surface area contributed by atoms with Crippen molar-refractivity contribution < 1.29 is 12.8 Å². The minimum atomic E-state index is -3.53. The smallest absolute Gasteiger partial charge is 0.229 e. The lowest BCUT2D eigenvalue weighted by molar-refractivity contribution is 0.604. The topological polar surface area (TPSA) is 84.2 Å². The Labute approximate surface area is 123 Å². The molecule has 0 atom stereocenters. The van der Waals surface area contributed by atoms with Crippen LogP contribution in [0.4, 0.5) is 21.5 Å². The van der Waals surface area contributed by atoms with Crippen LogP contribution < -0.4 is 15.8 Å². The molecular formula is C14H16FN3O2S. The van der Waals surface area contributed by atoms with Crippen LogP contribution in [-0.4, -0.2) is 14.7 Å². The summed E-state index contributed by atoms with van der Waals surface area (Å²) >= 11 is 0. The second kappa shape index (κ2) is 6.01. The zero-order chi connectivity index (χ0) is 15.5. The second-order valence-electron chi connectivity index (χ2n) is 4.62. The van der Waals surface area contributed by atoms with Crippen LogP contribution in [0.3, 0.4) is 0 Å². The number of sulfonamides is 1. The summed E-state index contributed by atoms with van der Waals surface area (Å²) in [5.74, 6) is -0.634. The number of anilines is 3. The zero-order valence-electron chi connectivity index (χ0n) is 11.4. The lowest BCUT2D eigenvalue weighted by Crippen LogP contribution is -2.11. The molecule has 0 aliphatic rings. The number of para-hydroxylation sites is 1. The maximum Gasteiger partial charge on any atom is 0.229 e. The summed E-state index contributed by atoms with van der Waals surface area (Å²) in [6, 6.07) is 11.5. The molecule has 2 rings (SSSR count). The number of hydrogen-bond acceptors (Lipinski definition) is 4. The van der Waals surface area contributed by atoms with Gasteiger partial charge in [0.05, 0.1) is 11.9 Å². The molecular weight excluding hydrogens is 293 g/mol. The Bertz CT molecular complexity index is 748. The number of rotatable bonds is 5. The molecule has 0 saturated heterocycles. The molecule has 21 heavy (non-hydrogen) atoms. The van der Waals surface area contributed by atoms with E-state index in [1.165, 1.54) is 18.2 Å². The van der Waals surface area contributed by atoms with Crippen molar-refractivity contribution >= 4 is 27.1 Å². The third-order valence-electron chi connectivity index (χ3n) is 2.80. The molecule has 0 radical (unpaired) electrons. The van der Waals surface area contributed by atoms with Gasteiger partial charge in [-0.3, -0.25) is 4.72 Å². The Morgan fingerprint density at radius 2 is 1.90 bits per heavy atom. The van der Waals surface area contributed by atoms with Crippen molar-refractivity contribution in [2.75, 3.05) is 22.0 Å². The van der Waals surface area contributed by atoms with E-state index in [-0.39, 0.29) is 5.69 Å². The molecule has 5 nitrogen and oxygen atoms in total. The molecule has 0 aromatic heterocycles. The first-order valence-electron chi connectivity index (χ1n) is 6.20. The predicted octanol–water partition coefficient (Wildman–Crippen LogP) is 2.39. The van der Waals surface area contributed by atoms with Crippen molar-refractivity contribution in [2.24, 2.45) is 0 Å². The van der Waals surface area contributed by atoms with Crippen LogP contribution in [-0.2, 0) is 16.6 Å². The van der Waals surface area contributed by atoms with Crippen molar-refractivity contribution in [3.63, 3.8) is 0 Å². The van der Waals surface area contributed by atoms with E-state index in [1.54, 1.807) is 6.07 Å². The average molecular weight is 309 g/mol. The highest BCUT2D eigenvalue weighted by atomic mass is 32.2. The van der Waals surface area contributed by atoms with Crippen LogP contribution in [0.15, 0.2) is 42.5 Å². The molecule has 0 bridgehead atoms. The molecule has 0 unspecified atom stereocenters. The van der Waals surface area contributed by atoms with Gasteiger partial charge in [0.15, 0.2) is 0 Å². The van der Waals surface area contributed by atoms with E-state index < -0.39 is 15.8 Å². The maximum atomic E-state index is 13.6. The Morgan fingerprint density at radius 1 is 1.19 bits per heavy atom. The number of halogens is 1. The summed E-state index contributed by atoms with van der Waals surface area (Å²) in [6.45, 7) is 0.455. The quantitative estimate of drug-likeness (QED) is 0.740. The monoisotopic (exact) mass is 309 g/mol. The van der Waals surface area contributed by atoms with E-state index in [9.17, 15) is 12.8 Å². The number of nitrogens with one attached hydrogen (secondary N) is 2. The molecule has 0 fully saturated rings. The number of nitrogen functional groups attached to an aromatic ring is 1. The number of hydrogen-bond donors (Lipinski definition) is 3. The van der Waals surface area contributed by atoms with Gasteiger partial charge in [0.1, 0.15) is 5.82 Å². The molecule has 0 heterocycles. The molecule has 7 heteroatoms. The maximum absolute atomic E-state index is 13.6. The Hall–Kier alpha value is -2.28. The average Bonchev–Trinajstić information content (AvgIpc) is 2.39. The first kappa shape index (κ1) is 15.1. The van der Waals surface area contributed by atoms with Gasteiger partial charge in [-0.25, -0.2) is 12.8 Å². The molecule has 2 aromatic carbocycles. The summed E-state index contributed by atoms with van der Waals surface area (Å²) in [5.41, 5.74) is 7.88. The third kappa shape index (κ3) is 4.35. The lowest BCUT2D eigenvalue weighted by Gasteiger charge is -2.11. The van der Waals surface area contributed by atoms with E-state index >= 15 is 0 Å². The molecule has 112 valence electrons. The van der Waals surface area contributed by atoms with Gasteiger partial charge in [-0.1, -0.05) is 18.2 Å². The van der Waals surface area contributed by atoms with Gasteiger partial charge in [-0.2, -0.15) is 0 Å². The van der Waals surface area contributed by atoms with Gasteiger partial charge in [0.2, 0.25) is 10.0 Å². The van der Waals surface area contributed by atoms with Crippen LogP contribution in [0.1, 0.15) is 5.56 Å². The van der Waals surface area contributed by atoms with Crippen molar-refractivity contribution in [3.05, 3.63) is 53.8 Å². The fraction of sp³-hybridized carbons (Fsp3) is 0.143.